The van der Waals surface area contributed by atoms with Crippen molar-refractivity contribution in [1.29, 1.82) is 0 Å². The van der Waals surface area contributed by atoms with Crippen LogP contribution >= 0.6 is 0 Å². The maximum Gasteiger partial charge on any atom is 0.120 e. The van der Waals surface area contributed by atoms with Crippen LogP contribution in [-0.2, 0) is 13.0 Å². The van der Waals surface area contributed by atoms with Crippen molar-refractivity contribution in [2.24, 2.45) is 5.73 Å². The summed E-state index contributed by atoms with van der Waals surface area (Å²) >= 11 is 0. The number of rotatable bonds is 8. The number of nitrogens with two attached hydrogens (primary N) is 1. The molecule has 1 aliphatic heterocycles. The zero-order valence-electron chi connectivity index (χ0n) is 14.8. The van der Waals surface area contributed by atoms with Gasteiger partial charge in [-0.05, 0) is 50.0 Å². The monoisotopic (exact) mass is 330 g/mol. The second kappa shape index (κ2) is 8.51. The summed E-state index contributed by atoms with van der Waals surface area (Å²) in [6, 6.07) is 6.41. The minimum atomic E-state index is 0.724. The molecule has 2 heterocycles. The molecule has 0 bridgehead atoms. The molecule has 5 heteroatoms. The van der Waals surface area contributed by atoms with Crippen LogP contribution in [0.1, 0.15) is 18.4 Å². The quantitative estimate of drug-likeness (QED) is 0.775. The summed E-state index contributed by atoms with van der Waals surface area (Å²) in [5, 5.41) is 4.77. The zero-order valence-corrected chi connectivity index (χ0v) is 14.8. The number of hydrogen-bond acceptors (Lipinski definition) is 4. The number of nitrogens with zero attached hydrogens (tertiary/aromatic N) is 2. The van der Waals surface area contributed by atoms with E-state index in [1.807, 2.05) is 0 Å². The fourth-order valence-corrected chi connectivity index (χ4v) is 3.55. The van der Waals surface area contributed by atoms with Crippen LogP contribution in [0.2, 0.25) is 0 Å². The lowest BCUT2D eigenvalue weighted by Gasteiger charge is -2.26. The summed E-state index contributed by atoms with van der Waals surface area (Å²) in [6.07, 6.45) is 5.66. The number of nitrogens with one attached hydrogen (secondary N) is 1. The molecule has 1 fully saturated rings. The van der Waals surface area contributed by atoms with Crippen molar-refractivity contribution in [3.05, 3.63) is 30.0 Å². The summed E-state index contributed by atoms with van der Waals surface area (Å²) in [5.74, 6) is 0.918. The molecule has 0 aliphatic carbocycles. The van der Waals surface area contributed by atoms with Crippen LogP contribution in [0.4, 0.5) is 0 Å². The Labute approximate surface area is 144 Å². The van der Waals surface area contributed by atoms with E-state index in [1.165, 1.54) is 42.5 Å². The SMILES string of the molecule is COc1ccc2c(CCCN3CCNCC3)cn(CCCN)c2c1. The standard InChI is InChI=1S/C19H30N4O/c1-24-17-5-6-18-16(4-2-10-22-12-8-21-9-13-22)15-23(11-3-7-20)19(18)14-17/h5-6,14-15,21H,2-4,7-13,20H2,1H3. The molecule has 0 radical (unpaired) electrons. The van der Waals surface area contributed by atoms with Gasteiger partial charge in [-0.25, -0.2) is 0 Å². The summed E-state index contributed by atoms with van der Waals surface area (Å²) in [5.41, 5.74) is 8.41. The van der Waals surface area contributed by atoms with Gasteiger partial charge in [0.1, 0.15) is 5.75 Å². The van der Waals surface area contributed by atoms with Crippen molar-refractivity contribution in [3.8, 4) is 5.75 Å². The third-order valence-corrected chi connectivity index (χ3v) is 4.91. The van der Waals surface area contributed by atoms with Gasteiger partial charge >= 0.3 is 0 Å². The Balaban J connectivity index is 1.71. The van der Waals surface area contributed by atoms with Crippen molar-refractivity contribution in [1.82, 2.24) is 14.8 Å². The second-order valence-electron chi connectivity index (χ2n) is 6.57. The van der Waals surface area contributed by atoms with Crippen LogP contribution in [0.25, 0.3) is 10.9 Å². The molecule has 0 amide bonds. The number of fused-ring (bicyclic) bond motifs is 1. The first kappa shape index (κ1) is 17.3. The van der Waals surface area contributed by atoms with E-state index in [1.54, 1.807) is 7.11 Å². The van der Waals surface area contributed by atoms with Crippen LogP contribution in [-0.4, -0.2) is 55.8 Å². The molecule has 2 aromatic rings. The average molecular weight is 330 g/mol. The largest absolute Gasteiger partial charge is 0.497 e. The molecule has 132 valence electrons. The van der Waals surface area contributed by atoms with Gasteiger partial charge in [0.25, 0.3) is 0 Å². The smallest absolute Gasteiger partial charge is 0.120 e. The molecule has 0 atom stereocenters. The second-order valence-corrected chi connectivity index (χ2v) is 6.57. The van der Waals surface area contributed by atoms with Gasteiger partial charge < -0.3 is 25.3 Å². The lowest BCUT2D eigenvalue weighted by molar-refractivity contribution is 0.238. The number of hydrogen-bond donors (Lipinski definition) is 2. The third-order valence-electron chi connectivity index (χ3n) is 4.91. The maximum absolute atomic E-state index is 5.70. The molecule has 1 aromatic heterocycles. The molecule has 0 unspecified atom stereocenters. The maximum atomic E-state index is 5.70. The number of methoxy groups -OCH3 is 1. The molecule has 1 aliphatic rings. The first-order chi connectivity index (χ1) is 11.8. The van der Waals surface area contributed by atoms with Gasteiger partial charge in [-0.1, -0.05) is 0 Å². The normalized spacial score (nSPS) is 15.9. The van der Waals surface area contributed by atoms with Crippen molar-refractivity contribution in [2.45, 2.75) is 25.8 Å². The number of piperazine rings is 1. The highest BCUT2D eigenvalue weighted by Crippen LogP contribution is 2.27. The van der Waals surface area contributed by atoms with Gasteiger partial charge in [-0.2, -0.15) is 0 Å². The van der Waals surface area contributed by atoms with E-state index in [0.717, 1.165) is 44.8 Å². The molecule has 3 rings (SSSR count). The summed E-state index contributed by atoms with van der Waals surface area (Å²) < 4.78 is 7.74. The Morgan fingerprint density at radius 3 is 2.75 bits per heavy atom. The molecule has 3 N–H and O–H groups in total. The van der Waals surface area contributed by atoms with Crippen LogP contribution in [0, 0.1) is 0 Å². The molecule has 5 nitrogen and oxygen atoms in total. The highest BCUT2D eigenvalue weighted by molar-refractivity contribution is 5.85. The lowest BCUT2D eigenvalue weighted by Crippen LogP contribution is -2.43. The van der Waals surface area contributed by atoms with E-state index >= 15 is 0 Å². The predicted octanol–water partition coefficient (Wildman–Crippen LogP) is 1.84. The van der Waals surface area contributed by atoms with Gasteiger partial charge in [0.15, 0.2) is 0 Å². The number of aryl methyl sites for hydroxylation is 2. The van der Waals surface area contributed by atoms with Gasteiger partial charge in [0.2, 0.25) is 0 Å². The molecule has 0 saturated carbocycles. The fraction of sp³-hybridized carbons (Fsp3) is 0.579. The Kier molecular flexibility index (Phi) is 6.12. The Morgan fingerprint density at radius 2 is 2.00 bits per heavy atom. The van der Waals surface area contributed by atoms with Crippen molar-refractivity contribution in [3.63, 3.8) is 0 Å². The third kappa shape index (κ3) is 4.09. The summed E-state index contributed by atoms with van der Waals surface area (Å²) in [4.78, 5) is 2.56. The number of ether oxygens (including phenoxy) is 1. The minimum Gasteiger partial charge on any atom is -0.497 e. The van der Waals surface area contributed by atoms with Crippen molar-refractivity contribution < 1.29 is 4.74 Å². The Hall–Kier alpha value is -1.56. The topological polar surface area (TPSA) is 55.5 Å². The number of aromatic nitrogens is 1. The van der Waals surface area contributed by atoms with Crippen LogP contribution in [0.5, 0.6) is 5.75 Å². The Bertz CT molecular complexity index is 646. The van der Waals surface area contributed by atoms with Crippen LogP contribution in [0.15, 0.2) is 24.4 Å². The average Bonchev–Trinajstić information content (AvgIpc) is 2.98. The number of benzene rings is 1. The Morgan fingerprint density at radius 1 is 1.17 bits per heavy atom. The first-order valence-corrected chi connectivity index (χ1v) is 9.10. The van der Waals surface area contributed by atoms with Gasteiger partial charge in [0, 0.05) is 50.4 Å². The van der Waals surface area contributed by atoms with E-state index in [9.17, 15) is 0 Å². The van der Waals surface area contributed by atoms with Crippen LogP contribution in [0.3, 0.4) is 0 Å². The van der Waals surface area contributed by atoms with E-state index in [2.05, 4.69) is 39.2 Å². The van der Waals surface area contributed by atoms with E-state index in [-0.39, 0.29) is 0 Å². The highest BCUT2D eigenvalue weighted by atomic mass is 16.5. The zero-order chi connectivity index (χ0) is 16.8. The predicted molar refractivity (Wildman–Crippen MR) is 99.8 cm³/mol. The van der Waals surface area contributed by atoms with Gasteiger partial charge in [0.05, 0.1) is 12.6 Å². The summed E-state index contributed by atoms with van der Waals surface area (Å²) in [7, 11) is 1.72. The molecule has 0 spiro atoms. The fourth-order valence-electron chi connectivity index (χ4n) is 3.55. The highest BCUT2D eigenvalue weighted by Gasteiger charge is 2.12. The van der Waals surface area contributed by atoms with E-state index in [4.69, 9.17) is 10.5 Å². The molecule has 1 aromatic carbocycles. The molecular weight excluding hydrogens is 300 g/mol. The lowest BCUT2D eigenvalue weighted by atomic mass is 10.1. The molecule has 1 saturated heterocycles. The van der Waals surface area contributed by atoms with Gasteiger partial charge in [-0.15, -0.1) is 0 Å². The molecular formula is C19H30N4O. The summed E-state index contributed by atoms with van der Waals surface area (Å²) in [6.45, 7) is 7.48. The molecule has 24 heavy (non-hydrogen) atoms. The van der Waals surface area contributed by atoms with Crippen molar-refractivity contribution in [2.75, 3.05) is 46.4 Å². The van der Waals surface area contributed by atoms with E-state index < -0.39 is 0 Å². The first-order valence-electron chi connectivity index (χ1n) is 9.10. The van der Waals surface area contributed by atoms with Crippen molar-refractivity contribution >= 4 is 10.9 Å². The van der Waals surface area contributed by atoms with E-state index in [0.29, 0.717) is 0 Å². The van der Waals surface area contributed by atoms with Gasteiger partial charge in [-0.3, -0.25) is 0 Å². The minimum absolute atomic E-state index is 0.724. The van der Waals surface area contributed by atoms with Crippen LogP contribution < -0.4 is 15.8 Å².